The number of imide groups is 1. The second-order valence-corrected chi connectivity index (χ2v) is 11.4. The molecule has 1 aliphatic heterocycles. The van der Waals surface area contributed by atoms with E-state index in [9.17, 15) is 19.2 Å². The SMILES string of the molecule is C[C@@H](C1CC1)N(Cc1ccccc1)C(=O)CN1C(=O)OC2(CCc3cc(CNc4ccc(C(=O)O)cc4)ccc32)C1=O. The molecule has 2 aliphatic carbocycles. The fourth-order valence-electron chi connectivity index (χ4n) is 6.05. The lowest BCUT2D eigenvalue weighted by atomic mass is 9.94. The molecule has 2 N–H and O–H groups in total. The van der Waals surface area contributed by atoms with Crippen molar-refractivity contribution in [1.82, 2.24) is 9.80 Å². The third-order valence-corrected chi connectivity index (χ3v) is 8.66. The number of hydrogen-bond donors (Lipinski definition) is 2. The van der Waals surface area contributed by atoms with Gasteiger partial charge in [0.15, 0.2) is 0 Å². The standard InChI is InChI=1S/C33H33N3O6/c1-21(24-8-9-24)35(19-22-5-3-2-4-6-22)29(37)20-36-31(40)33(42-32(36)41)16-15-26-17-23(7-14-28(26)33)18-34-27-12-10-25(11-13-27)30(38)39/h2-7,10-14,17,21,24,34H,8-9,15-16,18-20H2,1H3,(H,38,39)/t21-,33?/m0/s1. The predicted molar refractivity (Wildman–Crippen MR) is 155 cm³/mol. The molecule has 1 saturated carbocycles. The van der Waals surface area contributed by atoms with Crippen LogP contribution in [-0.4, -0.2) is 51.4 Å². The van der Waals surface area contributed by atoms with Crippen LogP contribution in [0.1, 0.15) is 58.8 Å². The van der Waals surface area contributed by atoms with E-state index in [-0.39, 0.29) is 24.1 Å². The van der Waals surface area contributed by atoms with Gasteiger partial charge in [-0.25, -0.2) is 14.5 Å². The highest BCUT2D eigenvalue weighted by Gasteiger charge is 2.58. The van der Waals surface area contributed by atoms with Crippen LogP contribution in [0.2, 0.25) is 0 Å². The molecule has 1 heterocycles. The van der Waals surface area contributed by atoms with Gasteiger partial charge >= 0.3 is 12.1 Å². The smallest absolute Gasteiger partial charge is 0.418 e. The van der Waals surface area contributed by atoms with Gasteiger partial charge in [0.05, 0.1) is 5.56 Å². The average molecular weight is 568 g/mol. The molecule has 1 spiro atoms. The Hall–Kier alpha value is -4.66. The molecule has 1 saturated heterocycles. The number of carbonyl (C=O) groups is 4. The van der Waals surface area contributed by atoms with E-state index >= 15 is 0 Å². The van der Waals surface area contributed by atoms with Gasteiger partial charge in [0.1, 0.15) is 6.54 Å². The number of aryl methyl sites for hydroxylation is 1. The second-order valence-electron chi connectivity index (χ2n) is 11.4. The minimum Gasteiger partial charge on any atom is -0.478 e. The first-order chi connectivity index (χ1) is 20.2. The molecule has 0 aromatic heterocycles. The van der Waals surface area contributed by atoms with Crippen LogP contribution in [0.25, 0.3) is 0 Å². The molecule has 9 nitrogen and oxygen atoms in total. The molecule has 3 aromatic rings. The van der Waals surface area contributed by atoms with Crippen LogP contribution in [0.4, 0.5) is 10.5 Å². The molecule has 3 aromatic carbocycles. The van der Waals surface area contributed by atoms with Gasteiger partial charge in [0.25, 0.3) is 5.91 Å². The number of hydrogen-bond acceptors (Lipinski definition) is 6. The first kappa shape index (κ1) is 27.5. The van der Waals surface area contributed by atoms with E-state index in [4.69, 9.17) is 9.84 Å². The number of rotatable bonds is 10. The zero-order chi connectivity index (χ0) is 29.4. The van der Waals surface area contributed by atoms with Crippen LogP contribution < -0.4 is 5.32 Å². The van der Waals surface area contributed by atoms with Crippen molar-refractivity contribution >= 4 is 29.6 Å². The minimum absolute atomic E-state index is 0.00901. The van der Waals surface area contributed by atoms with E-state index in [0.717, 1.165) is 40.1 Å². The average Bonchev–Trinajstić information content (AvgIpc) is 3.75. The maximum atomic E-state index is 13.8. The number of carboxylic acids is 1. The van der Waals surface area contributed by atoms with Crippen molar-refractivity contribution < 1.29 is 29.0 Å². The number of nitrogens with zero attached hydrogens (tertiary/aromatic N) is 2. The minimum atomic E-state index is -1.41. The summed E-state index contributed by atoms with van der Waals surface area (Å²) in [6, 6.07) is 22.0. The number of carbonyl (C=O) groups excluding carboxylic acids is 3. The third kappa shape index (κ3) is 5.22. The van der Waals surface area contributed by atoms with Crippen molar-refractivity contribution in [2.75, 3.05) is 11.9 Å². The molecule has 42 heavy (non-hydrogen) atoms. The van der Waals surface area contributed by atoms with Gasteiger partial charge in [-0.2, -0.15) is 0 Å². The number of benzene rings is 3. The maximum absolute atomic E-state index is 13.8. The van der Waals surface area contributed by atoms with Crippen molar-refractivity contribution in [3.8, 4) is 0 Å². The first-order valence-corrected chi connectivity index (χ1v) is 14.3. The molecule has 0 radical (unpaired) electrons. The lowest BCUT2D eigenvalue weighted by Crippen LogP contribution is -2.47. The van der Waals surface area contributed by atoms with E-state index in [0.29, 0.717) is 37.4 Å². The quantitative estimate of drug-likeness (QED) is 0.356. The molecule has 2 fully saturated rings. The van der Waals surface area contributed by atoms with Crippen LogP contribution in [0.3, 0.4) is 0 Å². The largest absolute Gasteiger partial charge is 0.478 e. The summed E-state index contributed by atoms with van der Waals surface area (Å²) in [7, 11) is 0. The van der Waals surface area contributed by atoms with Gasteiger partial charge in [-0.3, -0.25) is 9.59 Å². The molecule has 6 rings (SSSR count). The summed E-state index contributed by atoms with van der Waals surface area (Å²) in [5, 5.41) is 12.4. The summed E-state index contributed by atoms with van der Waals surface area (Å²) in [5.74, 6) is -1.30. The summed E-state index contributed by atoms with van der Waals surface area (Å²) in [5.41, 5.74) is 3.17. The number of amides is 3. The summed E-state index contributed by atoms with van der Waals surface area (Å²) in [6.45, 7) is 2.61. The van der Waals surface area contributed by atoms with Crippen LogP contribution in [0.15, 0.2) is 72.8 Å². The van der Waals surface area contributed by atoms with E-state index < -0.39 is 23.6 Å². The summed E-state index contributed by atoms with van der Waals surface area (Å²) >= 11 is 0. The van der Waals surface area contributed by atoms with Gasteiger partial charge in [-0.15, -0.1) is 0 Å². The Morgan fingerprint density at radius 2 is 1.79 bits per heavy atom. The second kappa shape index (κ2) is 11.0. The molecular weight excluding hydrogens is 534 g/mol. The lowest BCUT2D eigenvalue weighted by molar-refractivity contribution is -0.143. The van der Waals surface area contributed by atoms with Crippen LogP contribution in [0.5, 0.6) is 0 Å². The Morgan fingerprint density at radius 1 is 1.05 bits per heavy atom. The fraction of sp³-hybridized carbons (Fsp3) is 0.333. The van der Waals surface area contributed by atoms with Gasteiger partial charge in [0.2, 0.25) is 11.5 Å². The Morgan fingerprint density at radius 3 is 2.48 bits per heavy atom. The van der Waals surface area contributed by atoms with Gasteiger partial charge in [-0.1, -0.05) is 48.5 Å². The van der Waals surface area contributed by atoms with E-state index in [2.05, 4.69) is 5.32 Å². The number of ether oxygens (including phenoxy) is 1. The highest BCUT2D eigenvalue weighted by atomic mass is 16.6. The summed E-state index contributed by atoms with van der Waals surface area (Å²) in [6.07, 6.45) is 2.25. The van der Waals surface area contributed by atoms with Crippen LogP contribution in [-0.2, 0) is 39.4 Å². The van der Waals surface area contributed by atoms with Crippen molar-refractivity contribution in [2.24, 2.45) is 5.92 Å². The van der Waals surface area contributed by atoms with Crippen LogP contribution >= 0.6 is 0 Å². The highest BCUT2D eigenvalue weighted by molar-refractivity contribution is 6.06. The summed E-state index contributed by atoms with van der Waals surface area (Å²) in [4.78, 5) is 54.2. The van der Waals surface area contributed by atoms with E-state index in [1.807, 2.05) is 55.5 Å². The van der Waals surface area contributed by atoms with Crippen molar-refractivity contribution in [3.05, 3.63) is 101 Å². The number of nitrogens with one attached hydrogen (secondary N) is 1. The molecule has 3 amide bonds. The normalized spacial score (nSPS) is 19.9. The van der Waals surface area contributed by atoms with Gasteiger partial charge < -0.3 is 20.1 Å². The number of aromatic carboxylic acids is 1. The van der Waals surface area contributed by atoms with Crippen LogP contribution in [0, 0.1) is 5.92 Å². The molecule has 0 bridgehead atoms. The molecule has 216 valence electrons. The molecule has 2 atom stereocenters. The number of fused-ring (bicyclic) bond motifs is 2. The molecule has 9 heteroatoms. The Labute approximate surface area is 244 Å². The van der Waals surface area contributed by atoms with Gasteiger partial charge in [0, 0.05) is 36.8 Å². The van der Waals surface area contributed by atoms with Crippen molar-refractivity contribution in [2.45, 2.75) is 57.3 Å². The Kier molecular flexibility index (Phi) is 7.18. The fourth-order valence-corrected chi connectivity index (χ4v) is 6.05. The topological polar surface area (TPSA) is 116 Å². The Bertz CT molecular complexity index is 1540. The maximum Gasteiger partial charge on any atom is 0.418 e. The van der Waals surface area contributed by atoms with E-state index in [1.54, 1.807) is 29.2 Å². The zero-order valence-electron chi connectivity index (χ0n) is 23.4. The van der Waals surface area contributed by atoms with Crippen molar-refractivity contribution in [3.63, 3.8) is 0 Å². The zero-order valence-corrected chi connectivity index (χ0v) is 23.4. The number of carboxylic acid groups (broad SMARTS) is 1. The first-order valence-electron chi connectivity index (χ1n) is 14.3. The highest BCUT2D eigenvalue weighted by Crippen LogP contribution is 2.45. The number of anilines is 1. The van der Waals surface area contributed by atoms with Gasteiger partial charge in [-0.05, 0) is 73.1 Å². The van der Waals surface area contributed by atoms with Crippen molar-refractivity contribution in [1.29, 1.82) is 0 Å². The monoisotopic (exact) mass is 567 g/mol. The predicted octanol–water partition coefficient (Wildman–Crippen LogP) is 4.94. The Balaban J connectivity index is 1.15. The third-order valence-electron chi connectivity index (χ3n) is 8.66. The molecule has 3 aliphatic rings. The molecule has 1 unspecified atom stereocenters. The summed E-state index contributed by atoms with van der Waals surface area (Å²) < 4.78 is 5.78. The molecular formula is C33H33N3O6. The lowest BCUT2D eigenvalue weighted by Gasteiger charge is -2.30. The van der Waals surface area contributed by atoms with E-state index in [1.165, 1.54) is 0 Å².